The summed E-state index contributed by atoms with van der Waals surface area (Å²) < 4.78 is 13.7. The van der Waals surface area contributed by atoms with Crippen LogP contribution in [-0.2, 0) is 19.1 Å². The van der Waals surface area contributed by atoms with Gasteiger partial charge in [-0.2, -0.15) is 0 Å². The fourth-order valence-corrected chi connectivity index (χ4v) is 13.7. The third kappa shape index (κ3) is 15.0. The molecule has 436 valence electrons. The molecule has 0 N–H and O–H groups in total. The number of carbonyl (C=O) groups excluding carboxylic acids is 4. The molecular formula is C74H104O6. The van der Waals surface area contributed by atoms with Crippen molar-refractivity contribution in [1.82, 2.24) is 0 Å². The number of fused-ring (bicyclic) bond motifs is 2. The highest BCUT2D eigenvalue weighted by Crippen LogP contribution is 2.51. The van der Waals surface area contributed by atoms with Gasteiger partial charge in [0.05, 0.1) is 11.8 Å². The molecule has 0 heterocycles. The summed E-state index contributed by atoms with van der Waals surface area (Å²) in [5, 5.41) is 7.59. The fraction of sp³-hybridized carbons (Fsp3) is 0.622. The molecule has 0 fully saturated rings. The van der Waals surface area contributed by atoms with Gasteiger partial charge in [-0.15, -0.1) is 0 Å². The maximum absolute atomic E-state index is 15.4. The highest BCUT2D eigenvalue weighted by molar-refractivity contribution is 6.40. The van der Waals surface area contributed by atoms with E-state index in [1.165, 1.54) is 51.4 Å². The predicted molar refractivity (Wildman–Crippen MR) is 339 cm³/mol. The van der Waals surface area contributed by atoms with Crippen molar-refractivity contribution in [2.24, 2.45) is 23.7 Å². The Morgan fingerprint density at radius 1 is 0.338 bits per heavy atom. The van der Waals surface area contributed by atoms with Crippen molar-refractivity contribution in [3.05, 3.63) is 81.9 Å². The monoisotopic (exact) mass is 1090 g/mol. The van der Waals surface area contributed by atoms with Gasteiger partial charge in [0.2, 0.25) is 0 Å². The van der Waals surface area contributed by atoms with Gasteiger partial charge in [-0.25, -0.2) is 0 Å². The number of ketones is 2. The Kier molecular flexibility index (Phi) is 25.2. The van der Waals surface area contributed by atoms with Crippen LogP contribution in [0.3, 0.4) is 0 Å². The number of Topliss-reactive ketones (excluding diaryl/α,β-unsaturated/α-hetero) is 2. The van der Waals surface area contributed by atoms with Crippen molar-refractivity contribution in [3.8, 4) is 0 Å². The average Bonchev–Trinajstić information content (AvgIpc) is 3.66. The molecule has 5 aromatic rings. The first-order chi connectivity index (χ1) is 39.1. The van der Waals surface area contributed by atoms with Crippen molar-refractivity contribution >= 4 is 78.1 Å². The van der Waals surface area contributed by atoms with Gasteiger partial charge in [0, 0.05) is 44.2 Å². The lowest BCUT2D eigenvalue weighted by Crippen LogP contribution is -2.23. The first kappa shape index (κ1) is 62.8. The topological polar surface area (TPSA) is 86.7 Å². The Morgan fingerprint density at radius 3 is 0.938 bits per heavy atom. The Balaban J connectivity index is 1.36. The van der Waals surface area contributed by atoms with E-state index in [1.807, 2.05) is 12.1 Å². The first-order valence-electron chi connectivity index (χ1n) is 33.3. The Hall–Kier alpha value is -4.84. The molecule has 0 spiro atoms. The van der Waals surface area contributed by atoms with Crippen LogP contribution in [0.15, 0.2) is 59.7 Å². The molecule has 5 aromatic carbocycles. The molecule has 0 bridgehead atoms. The summed E-state index contributed by atoms with van der Waals surface area (Å²) in [6.07, 6.45) is 35.4. The quantitative estimate of drug-likeness (QED) is 0.0168. The van der Waals surface area contributed by atoms with Crippen LogP contribution in [0, 0.1) is 23.7 Å². The SMILES string of the molecule is CCCCCCCCC(CCCCCC)C(=O)OC1=C(CC(CC)CCCC)C(=O)c2ccc3c4ccc5c6c(ccc(c7ccc1c2c37)c64)C(=O)C(CC(CC)CCCC)=C5OC(=O)C(CCCCCC)CCCCCCCC. The van der Waals surface area contributed by atoms with Crippen molar-refractivity contribution in [3.63, 3.8) is 0 Å². The smallest absolute Gasteiger partial charge is 0.314 e. The summed E-state index contributed by atoms with van der Waals surface area (Å²) in [6.45, 7) is 17.8. The molecule has 0 radical (unpaired) electrons. The molecular weight excluding hydrogens is 985 g/mol. The molecule has 4 unspecified atom stereocenters. The number of benzene rings is 5. The summed E-state index contributed by atoms with van der Waals surface area (Å²) in [7, 11) is 0. The van der Waals surface area contributed by atoms with Gasteiger partial charge in [-0.3, -0.25) is 19.2 Å². The van der Waals surface area contributed by atoms with Crippen molar-refractivity contribution in [1.29, 1.82) is 0 Å². The largest absolute Gasteiger partial charge is 0.425 e. The number of hydrogen-bond acceptors (Lipinski definition) is 6. The lowest BCUT2D eigenvalue weighted by Gasteiger charge is -2.29. The van der Waals surface area contributed by atoms with Gasteiger partial charge < -0.3 is 9.47 Å². The van der Waals surface area contributed by atoms with Crippen LogP contribution in [0.25, 0.3) is 54.6 Å². The molecule has 2 aliphatic carbocycles. The second kappa shape index (κ2) is 32.1. The lowest BCUT2D eigenvalue weighted by molar-refractivity contribution is -0.142. The highest BCUT2D eigenvalue weighted by atomic mass is 16.5. The number of hydrogen-bond donors (Lipinski definition) is 0. The van der Waals surface area contributed by atoms with Gasteiger partial charge in [0.1, 0.15) is 11.5 Å². The second-order valence-corrected chi connectivity index (χ2v) is 24.7. The lowest BCUT2D eigenvalue weighted by atomic mass is 9.76. The van der Waals surface area contributed by atoms with E-state index in [1.54, 1.807) is 0 Å². The summed E-state index contributed by atoms with van der Waals surface area (Å²) in [5.74, 6) is 0.594. The average molecular weight is 1090 g/mol. The van der Waals surface area contributed by atoms with Gasteiger partial charge in [-0.05, 0) is 107 Å². The molecule has 6 nitrogen and oxygen atoms in total. The zero-order valence-corrected chi connectivity index (χ0v) is 51.4. The Labute approximate surface area is 483 Å². The molecule has 0 aliphatic heterocycles. The molecule has 2 aliphatic rings. The van der Waals surface area contributed by atoms with Crippen LogP contribution in [0.5, 0.6) is 0 Å². The molecule has 4 atom stereocenters. The standard InChI is InChI=1S/C74H104O6/c1-9-17-23-27-29-33-39-53(37-31-25-19-11-3)73(77)79-71-61-47-43-57-56-42-46-60-68-62(48-44-58(66(56)68)55-41-45-59(67(61)65(55)57)69(75)63(71)49-51(15-7)35-21-13-5)72(64(70(60)76)50-52(16-8)36-22-14-6)80-74(78)54(38-32-26-20-12-4)40-34-30-28-24-18-10-2/h41-48,51-54H,9-40,49-50H2,1-8H3. The third-order valence-electron chi connectivity index (χ3n) is 18.7. The van der Waals surface area contributed by atoms with E-state index in [9.17, 15) is 9.59 Å². The summed E-state index contributed by atoms with van der Waals surface area (Å²) in [5.41, 5.74) is 4.23. The van der Waals surface area contributed by atoms with Crippen LogP contribution < -0.4 is 0 Å². The number of unbranched alkanes of at least 4 members (excludes halogenated alkanes) is 18. The van der Waals surface area contributed by atoms with Crippen molar-refractivity contribution < 1.29 is 28.7 Å². The number of rotatable bonds is 40. The van der Waals surface area contributed by atoms with Crippen LogP contribution in [0.4, 0.5) is 0 Å². The minimum atomic E-state index is -0.223. The van der Waals surface area contributed by atoms with Gasteiger partial charge >= 0.3 is 11.9 Å². The Bertz CT molecular complexity index is 2680. The van der Waals surface area contributed by atoms with Gasteiger partial charge in [-0.1, -0.05) is 259 Å². The molecule has 0 saturated carbocycles. The minimum absolute atomic E-state index is 0.0374. The van der Waals surface area contributed by atoms with Crippen LogP contribution in [0.2, 0.25) is 0 Å². The maximum atomic E-state index is 15.4. The van der Waals surface area contributed by atoms with Crippen molar-refractivity contribution in [2.75, 3.05) is 0 Å². The van der Waals surface area contributed by atoms with E-state index >= 15 is 9.59 Å². The second-order valence-electron chi connectivity index (χ2n) is 24.7. The third-order valence-corrected chi connectivity index (χ3v) is 18.7. The zero-order valence-electron chi connectivity index (χ0n) is 51.4. The van der Waals surface area contributed by atoms with E-state index < -0.39 is 0 Å². The van der Waals surface area contributed by atoms with Crippen LogP contribution in [0.1, 0.15) is 306 Å². The summed E-state index contributed by atoms with van der Waals surface area (Å²) in [4.78, 5) is 60.5. The van der Waals surface area contributed by atoms with Crippen LogP contribution in [-0.4, -0.2) is 23.5 Å². The normalized spacial score (nSPS) is 15.1. The molecule has 0 saturated heterocycles. The van der Waals surface area contributed by atoms with E-state index in [0.29, 0.717) is 58.5 Å². The number of allylic oxidation sites excluding steroid dienone is 2. The van der Waals surface area contributed by atoms with E-state index in [0.717, 1.165) is 208 Å². The Morgan fingerprint density at radius 2 is 0.625 bits per heavy atom. The van der Waals surface area contributed by atoms with E-state index in [2.05, 4.69) is 91.8 Å². The van der Waals surface area contributed by atoms with Gasteiger partial charge in [0.25, 0.3) is 0 Å². The van der Waals surface area contributed by atoms with E-state index in [4.69, 9.17) is 9.47 Å². The minimum Gasteiger partial charge on any atom is -0.425 e. The van der Waals surface area contributed by atoms with Crippen LogP contribution >= 0.6 is 0 Å². The van der Waals surface area contributed by atoms with E-state index in [-0.39, 0.29) is 35.3 Å². The number of carbonyl (C=O) groups is 4. The maximum Gasteiger partial charge on any atom is 0.314 e. The van der Waals surface area contributed by atoms with Crippen molar-refractivity contribution in [2.45, 2.75) is 274 Å². The van der Waals surface area contributed by atoms with Gasteiger partial charge in [0.15, 0.2) is 11.6 Å². The number of esters is 2. The summed E-state index contributed by atoms with van der Waals surface area (Å²) in [6, 6.07) is 16.8. The number of ether oxygens (including phenoxy) is 2. The molecule has 6 heteroatoms. The molecule has 7 rings (SSSR count). The highest BCUT2D eigenvalue weighted by Gasteiger charge is 2.37. The fourth-order valence-electron chi connectivity index (χ4n) is 13.7. The summed E-state index contributed by atoms with van der Waals surface area (Å²) >= 11 is 0. The first-order valence-corrected chi connectivity index (χ1v) is 33.3. The molecule has 0 aromatic heterocycles. The zero-order chi connectivity index (χ0) is 57.0. The molecule has 0 amide bonds. The molecule has 80 heavy (non-hydrogen) atoms. The predicted octanol–water partition coefficient (Wildman–Crippen LogP) is 22.5.